The second-order valence-electron chi connectivity index (χ2n) is 9.93. The largest absolute Gasteiger partial charge is 0.450 e. The van der Waals surface area contributed by atoms with Gasteiger partial charge >= 0.3 is 5.97 Å². The fourth-order valence-electron chi connectivity index (χ4n) is 5.90. The molecule has 1 spiro atoms. The van der Waals surface area contributed by atoms with E-state index in [4.69, 9.17) is 16.3 Å². The molecule has 2 fully saturated rings. The quantitative estimate of drug-likeness (QED) is 0.460. The number of ether oxygens (including phenoxy) is 1. The number of nitrogens with one attached hydrogen (secondary N) is 1. The third-order valence-corrected chi connectivity index (χ3v) is 8.07. The number of amides is 1. The maximum Gasteiger partial charge on any atom is 0.339 e. The van der Waals surface area contributed by atoms with E-state index >= 15 is 0 Å². The van der Waals surface area contributed by atoms with Crippen LogP contribution >= 0.6 is 11.6 Å². The summed E-state index contributed by atoms with van der Waals surface area (Å²) in [4.78, 5) is 33.9. The van der Waals surface area contributed by atoms with Crippen LogP contribution in [0.1, 0.15) is 64.1 Å². The summed E-state index contributed by atoms with van der Waals surface area (Å²) in [6.45, 7) is 7.02. The van der Waals surface area contributed by atoms with E-state index in [1.54, 1.807) is 12.1 Å². The summed E-state index contributed by atoms with van der Waals surface area (Å²) >= 11 is 6.26. The van der Waals surface area contributed by atoms with Crippen molar-refractivity contribution in [1.29, 1.82) is 0 Å². The van der Waals surface area contributed by atoms with E-state index in [0.29, 0.717) is 42.1 Å². The Morgan fingerprint density at radius 2 is 1.78 bits per heavy atom. The van der Waals surface area contributed by atoms with Crippen LogP contribution in [0.3, 0.4) is 0 Å². The summed E-state index contributed by atoms with van der Waals surface area (Å²) in [5, 5.41) is 1.40. The van der Waals surface area contributed by atoms with Crippen LogP contribution in [0.5, 0.6) is 0 Å². The van der Waals surface area contributed by atoms with Crippen molar-refractivity contribution in [3.63, 3.8) is 0 Å². The molecule has 1 amide bonds. The molecule has 0 saturated carbocycles. The van der Waals surface area contributed by atoms with E-state index < -0.39 is 17.4 Å². The Balaban J connectivity index is 1.31. The molecule has 1 N–H and O–H groups in total. The molecule has 3 aliphatic heterocycles. The Hall–Kier alpha value is -3.32. The minimum atomic E-state index is -0.815. The summed E-state index contributed by atoms with van der Waals surface area (Å²) < 4.78 is 19.5. The predicted octanol–water partition coefficient (Wildman–Crippen LogP) is 5.72. The molecule has 4 heterocycles. The lowest BCUT2D eigenvalue weighted by molar-refractivity contribution is -0.0389. The number of aromatic nitrogens is 1. The number of halogens is 2. The molecule has 0 bridgehead atoms. The molecular weight excluding hydrogens is 481 g/mol. The lowest BCUT2D eigenvalue weighted by Gasteiger charge is -2.38. The first-order chi connectivity index (χ1) is 17.4. The van der Waals surface area contributed by atoms with Crippen LogP contribution in [0, 0.1) is 5.82 Å². The molecule has 3 aliphatic rings. The molecule has 6 rings (SSSR count). The van der Waals surface area contributed by atoms with Crippen molar-refractivity contribution < 1.29 is 18.7 Å². The predicted molar refractivity (Wildman–Crippen MR) is 136 cm³/mol. The van der Waals surface area contributed by atoms with E-state index in [0.717, 1.165) is 48.2 Å². The Kier molecular flexibility index (Phi) is 5.56. The maximum atomic E-state index is 14.0. The highest BCUT2D eigenvalue weighted by atomic mass is 35.5. The second-order valence-corrected chi connectivity index (χ2v) is 10.4. The van der Waals surface area contributed by atoms with Crippen LogP contribution in [0.15, 0.2) is 43.0 Å². The van der Waals surface area contributed by atoms with Gasteiger partial charge < -0.3 is 19.5 Å². The first-order valence-corrected chi connectivity index (χ1v) is 12.8. The van der Waals surface area contributed by atoms with E-state index in [1.165, 1.54) is 18.6 Å². The van der Waals surface area contributed by atoms with Crippen LogP contribution in [0.4, 0.5) is 4.39 Å². The van der Waals surface area contributed by atoms with Crippen LogP contribution in [-0.4, -0.2) is 52.8 Å². The molecule has 0 aliphatic carbocycles. The smallest absolute Gasteiger partial charge is 0.339 e. The number of fused-ring (bicyclic) bond motifs is 3. The van der Waals surface area contributed by atoms with Gasteiger partial charge in [-0.05, 0) is 43.5 Å². The van der Waals surface area contributed by atoms with Crippen molar-refractivity contribution in [2.75, 3.05) is 26.2 Å². The minimum Gasteiger partial charge on any atom is -0.450 e. The minimum absolute atomic E-state index is 0.0877. The average Bonchev–Trinajstić information content (AvgIpc) is 3.38. The zero-order chi connectivity index (χ0) is 25.0. The third-order valence-electron chi connectivity index (χ3n) is 7.84. The Morgan fingerprint density at radius 1 is 1.03 bits per heavy atom. The molecule has 36 heavy (non-hydrogen) atoms. The molecule has 3 aromatic rings. The molecule has 0 unspecified atom stereocenters. The fourth-order valence-corrected chi connectivity index (χ4v) is 6.07. The highest BCUT2D eigenvalue weighted by molar-refractivity contribution is 6.31. The van der Waals surface area contributed by atoms with Gasteiger partial charge in [-0.2, -0.15) is 0 Å². The molecule has 2 aromatic carbocycles. The lowest BCUT2D eigenvalue weighted by atomic mass is 9.83. The van der Waals surface area contributed by atoms with Gasteiger partial charge in [0, 0.05) is 60.5 Å². The normalized spacial score (nSPS) is 19.0. The number of nitrogens with zero attached hydrogens (tertiary/aromatic N) is 2. The summed E-state index contributed by atoms with van der Waals surface area (Å²) in [6.07, 6.45) is 4.33. The van der Waals surface area contributed by atoms with Crippen molar-refractivity contribution in [2.45, 2.75) is 37.7 Å². The van der Waals surface area contributed by atoms with Crippen LogP contribution in [0.2, 0.25) is 5.02 Å². The summed E-state index contributed by atoms with van der Waals surface area (Å²) in [5.41, 5.74) is 3.12. The standard InChI is InChI=1S/C28H27ClFN3O3/c1-17(32-11-3-2-4-12-32)25-24(20-7-5-18(29)15-23(20)31-25)26(34)33-13-9-28(10-14-33)22-8-6-19(30)16-21(22)27(35)36-28/h5-8,15-16,31H,1-4,9-14H2. The van der Waals surface area contributed by atoms with Gasteiger partial charge in [-0.25, -0.2) is 9.18 Å². The first kappa shape index (κ1) is 23.1. The number of H-pyrrole nitrogens is 1. The van der Waals surface area contributed by atoms with Gasteiger partial charge in [0.1, 0.15) is 11.4 Å². The highest BCUT2D eigenvalue weighted by Gasteiger charge is 2.48. The molecule has 2 saturated heterocycles. The van der Waals surface area contributed by atoms with Crippen molar-refractivity contribution in [1.82, 2.24) is 14.8 Å². The Labute approximate surface area is 213 Å². The number of carbonyl (C=O) groups is 2. The third kappa shape index (κ3) is 3.68. The van der Waals surface area contributed by atoms with E-state index in [1.807, 2.05) is 17.0 Å². The van der Waals surface area contributed by atoms with Crippen molar-refractivity contribution >= 4 is 40.1 Å². The van der Waals surface area contributed by atoms with Crippen molar-refractivity contribution in [2.24, 2.45) is 0 Å². The average molecular weight is 508 g/mol. The second kappa shape index (κ2) is 8.66. The number of rotatable bonds is 3. The van der Waals surface area contributed by atoms with Gasteiger partial charge in [0.15, 0.2) is 0 Å². The number of esters is 1. The maximum absolute atomic E-state index is 14.0. The molecule has 6 nitrogen and oxygen atoms in total. The topological polar surface area (TPSA) is 65.6 Å². The van der Waals surface area contributed by atoms with Crippen molar-refractivity contribution in [3.05, 3.63) is 76.2 Å². The van der Waals surface area contributed by atoms with Crippen LogP contribution in [0.25, 0.3) is 16.6 Å². The van der Waals surface area contributed by atoms with Crippen molar-refractivity contribution in [3.8, 4) is 0 Å². The van der Waals surface area contributed by atoms with Gasteiger partial charge in [-0.3, -0.25) is 4.79 Å². The van der Waals surface area contributed by atoms with Gasteiger partial charge in [-0.15, -0.1) is 0 Å². The number of hydrogen-bond acceptors (Lipinski definition) is 4. The Morgan fingerprint density at radius 3 is 2.53 bits per heavy atom. The molecular formula is C28H27ClFN3O3. The SMILES string of the molecule is C=C(c1[nH]c2cc(Cl)ccc2c1C(=O)N1CCC2(CC1)OC(=O)c1cc(F)ccc12)N1CCCCC1. The molecule has 0 radical (unpaired) electrons. The fraction of sp³-hybridized carbons (Fsp3) is 0.357. The lowest BCUT2D eigenvalue weighted by Crippen LogP contribution is -2.45. The van der Waals surface area contributed by atoms with Crippen LogP contribution in [-0.2, 0) is 10.3 Å². The number of benzene rings is 2. The van der Waals surface area contributed by atoms with E-state index in [-0.39, 0.29) is 11.5 Å². The highest BCUT2D eigenvalue weighted by Crippen LogP contribution is 2.45. The number of hydrogen-bond donors (Lipinski definition) is 1. The van der Waals surface area contributed by atoms with E-state index in [2.05, 4.69) is 16.5 Å². The van der Waals surface area contributed by atoms with Gasteiger partial charge in [0.2, 0.25) is 0 Å². The molecule has 186 valence electrons. The summed E-state index contributed by atoms with van der Waals surface area (Å²) in [7, 11) is 0. The van der Waals surface area contributed by atoms with Gasteiger partial charge in [0.05, 0.1) is 22.5 Å². The number of carbonyl (C=O) groups excluding carboxylic acids is 2. The first-order valence-electron chi connectivity index (χ1n) is 12.4. The summed E-state index contributed by atoms with van der Waals surface area (Å²) in [5.74, 6) is -1.05. The monoisotopic (exact) mass is 507 g/mol. The molecule has 0 atom stereocenters. The number of aromatic amines is 1. The Bertz CT molecular complexity index is 1400. The van der Waals surface area contributed by atoms with Gasteiger partial charge in [-0.1, -0.05) is 30.3 Å². The zero-order valence-electron chi connectivity index (χ0n) is 19.9. The van der Waals surface area contributed by atoms with Crippen LogP contribution < -0.4 is 0 Å². The number of likely N-dealkylation sites (tertiary alicyclic amines) is 2. The summed E-state index contributed by atoms with van der Waals surface area (Å²) in [6, 6.07) is 9.73. The molecule has 8 heteroatoms. The zero-order valence-corrected chi connectivity index (χ0v) is 20.7. The molecule has 1 aromatic heterocycles. The number of piperidine rings is 2. The van der Waals surface area contributed by atoms with Gasteiger partial charge in [0.25, 0.3) is 5.91 Å². The van der Waals surface area contributed by atoms with E-state index in [9.17, 15) is 14.0 Å².